The average molecular weight is 290 g/mol. The van der Waals surface area contributed by atoms with Crippen LogP contribution in [0.25, 0.3) is 10.9 Å². The first kappa shape index (κ1) is 15.2. The van der Waals surface area contributed by atoms with Crippen LogP contribution in [0.15, 0.2) is 23.1 Å². The molecule has 0 amide bonds. The summed E-state index contributed by atoms with van der Waals surface area (Å²) in [5.41, 5.74) is 1.25. The Morgan fingerprint density at radius 3 is 2.86 bits per heavy atom. The second kappa shape index (κ2) is 6.49. The highest BCUT2D eigenvalue weighted by molar-refractivity contribution is 5.94. The molecule has 2 aromatic heterocycles. The van der Waals surface area contributed by atoms with Crippen LogP contribution in [0.5, 0.6) is 0 Å². The van der Waals surface area contributed by atoms with Crippen molar-refractivity contribution in [3.8, 4) is 0 Å². The number of hydrogen-bond donors (Lipinski definition) is 0. The second-order valence-corrected chi connectivity index (χ2v) is 4.58. The quantitative estimate of drug-likeness (QED) is 0.781. The zero-order valence-electron chi connectivity index (χ0n) is 12.4. The number of carbonyl (C=O) groups is 1. The highest BCUT2D eigenvalue weighted by atomic mass is 16.5. The van der Waals surface area contributed by atoms with Gasteiger partial charge in [0, 0.05) is 19.9 Å². The largest absolute Gasteiger partial charge is 0.462 e. The topological polar surface area (TPSA) is 70.4 Å². The van der Waals surface area contributed by atoms with Crippen LogP contribution in [-0.2, 0) is 16.0 Å². The molecule has 0 aliphatic heterocycles. The van der Waals surface area contributed by atoms with E-state index in [-0.39, 0.29) is 12.2 Å². The molecule has 6 nitrogen and oxygen atoms in total. The second-order valence-electron chi connectivity index (χ2n) is 4.58. The summed E-state index contributed by atoms with van der Waals surface area (Å²) in [6, 6.07) is 3.32. The number of carbonyl (C=O) groups excluding carboxylic acids is 1. The van der Waals surface area contributed by atoms with Crippen molar-refractivity contribution in [3.05, 3.63) is 39.9 Å². The van der Waals surface area contributed by atoms with E-state index in [9.17, 15) is 9.59 Å². The molecular formula is C15H18N2O4. The number of nitrogens with zero attached hydrogens (tertiary/aromatic N) is 2. The molecule has 21 heavy (non-hydrogen) atoms. The number of ether oxygens (including phenoxy) is 2. The molecule has 6 heteroatoms. The van der Waals surface area contributed by atoms with Gasteiger partial charge < -0.3 is 14.0 Å². The first-order valence-corrected chi connectivity index (χ1v) is 6.75. The van der Waals surface area contributed by atoms with E-state index in [1.54, 1.807) is 39.3 Å². The van der Waals surface area contributed by atoms with Crippen LogP contribution < -0.4 is 5.56 Å². The fourth-order valence-corrected chi connectivity index (χ4v) is 2.09. The Hall–Kier alpha value is -2.21. The van der Waals surface area contributed by atoms with Gasteiger partial charge in [0.05, 0.1) is 35.4 Å². The van der Waals surface area contributed by atoms with Crippen molar-refractivity contribution in [1.82, 2.24) is 9.55 Å². The van der Waals surface area contributed by atoms with Gasteiger partial charge in [-0.2, -0.15) is 0 Å². The average Bonchev–Trinajstić information content (AvgIpc) is 2.46. The molecule has 0 radical (unpaired) electrons. The lowest BCUT2D eigenvalue weighted by Gasteiger charge is -2.09. The van der Waals surface area contributed by atoms with Gasteiger partial charge in [0.2, 0.25) is 0 Å². The van der Waals surface area contributed by atoms with Crippen LogP contribution in [0.3, 0.4) is 0 Å². The van der Waals surface area contributed by atoms with E-state index in [0.717, 1.165) is 0 Å². The first-order chi connectivity index (χ1) is 10.1. The Bertz CT molecular complexity index is 721. The monoisotopic (exact) mass is 290 g/mol. The maximum Gasteiger partial charge on any atom is 0.339 e. The van der Waals surface area contributed by atoms with Gasteiger partial charge in [-0.1, -0.05) is 0 Å². The van der Waals surface area contributed by atoms with E-state index >= 15 is 0 Å². The number of esters is 1. The van der Waals surface area contributed by atoms with Gasteiger partial charge in [0.1, 0.15) is 0 Å². The molecular weight excluding hydrogens is 272 g/mol. The molecule has 0 N–H and O–H groups in total. The fourth-order valence-electron chi connectivity index (χ4n) is 2.09. The van der Waals surface area contributed by atoms with Gasteiger partial charge in [-0.05, 0) is 26.0 Å². The Morgan fingerprint density at radius 2 is 2.19 bits per heavy atom. The summed E-state index contributed by atoms with van der Waals surface area (Å²) in [6.45, 7) is 4.63. The molecule has 2 heterocycles. The van der Waals surface area contributed by atoms with E-state index in [4.69, 9.17) is 9.47 Å². The number of hydrogen-bond acceptors (Lipinski definition) is 5. The molecule has 0 aliphatic carbocycles. The van der Waals surface area contributed by atoms with E-state index < -0.39 is 5.97 Å². The van der Waals surface area contributed by atoms with Crippen molar-refractivity contribution in [1.29, 1.82) is 0 Å². The number of fused-ring (bicyclic) bond motifs is 1. The minimum Gasteiger partial charge on any atom is -0.462 e. The minimum atomic E-state index is -0.462. The molecule has 0 spiro atoms. The van der Waals surface area contributed by atoms with Crippen LogP contribution in [-0.4, -0.2) is 35.8 Å². The van der Waals surface area contributed by atoms with Crippen molar-refractivity contribution in [2.24, 2.45) is 0 Å². The van der Waals surface area contributed by atoms with Crippen molar-refractivity contribution < 1.29 is 14.3 Å². The van der Waals surface area contributed by atoms with Gasteiger partial charge in [0.15, 0.2) is 0 Å². The Labute approximate surface area is 122 Å². The van der Waals surface area contributed by atoms with Gasteiger partial charge in [-0.3, -0.25) is 9.78 Å². The number of methoxy groups -OCH3 is 1. The van der Waals surface area contributed by atoms with Crippen LogP contribution in [0.4, 0.5) is 0 Å². The van der Waals surface area contributed by atoms with E-state index in [1.165, 1.54) is 4.57 Å². The number of pyridine rings is 2. The molecule has 2 aromatic rings. The smallest absolute Gasteiger partial charge is 0.339 e. The Kier molecular flexibility index (Phi) is 4.70. The predicted octanol–water partition coefficient (Wildman–Crippen LogP) is 1.53. The van der Waals surface area contributed by atoms with Crippen molar-refractivity contribution in [2.75, 3.05) is 20.3 Å². The number of rotatable bonds is 5. The molecule has 0 aliphatic rings. The molecule has 0 fully saturated rings. The molecule has 0 aromatic carbocycles. The van der Waals surface area contributed by atoms with Crippen LogP contribution >= 0.6 is 0 Å². The highest BCUT2D eigenvalue weighted by Crippen LogP contribution is 2.14. The highest BCUT2D eigenvalue weighted by Gasteiger charge is 2.14. The summed E-state index contributed by atoms with van der Waals surface area (Å²) >= 11 is 0. The third kappa shape index (κ3) is 3.11. The summed E-state index contributed by atoms with van der Waals surface area (Å²) in [5, 5.41) is 0.405. The number of aryl methyl sites for hydroxylation is 1. The van der Waals surface area contributed by atoms with Gasteiger partial charge in [-0.25, -0.2) is 4.79 Å². The van der Waals surface area contributed by atoms with Gasteiger partial charge in [0.25, 0.3) is 5.56 Å². The lowest BCUT2D eigenvalue weighted by atomic mass is 10.1. The summed E-state index contributed by atoms with van der Waals surface area (Å²) in [6.07, 6.45) is 1.68. The SMILES string of the molecule is CCOC(=O)c1cc2c(=O)n(CCOC)ccc2nc1C. The molecule has 0 saturated heterocycles. The molecule has 2 rings (SSSR count). The maximum absolute atomic E-state index is 12.4. The molecule has 112 valence electrons. The van der Waals surface area contributed by atoms with Crippen molar-refractivity contribution in [2.45, 2.75) is 20.4 Å². The van der Waals surface area contributed by atoms with E-state index in [2.05, 4.69) is 4.98 Å². The molecule has 0 saturated carbocycles. The summed E-state index contributed by atoms with van der Waals surface area (Å²) in [4.78, 5) is 28.6. The van der Waals surface area contributed by atoms with Crippen LogP contribution in [0.2, 0.25) is 0 Å². The lowest BCUT2D eigenvalue weighted by molar-refractivity contribution is 0.0525. The molecule has 0 unspecified atom stereocenters. The summed E-state index contributed by atoms with van der Waals surface area (Å²) in [7, 11) is 1.58. The van der Waals surface area contributed by atoms with Gasteiger partial charge in [-0.15, -0.1) is 0 Å². The fraction of sp³-hybridized carbons (Fsp3) is 0.400. The van der Waals surface area contributed by atoms with Crippen molar-refractivity contribution in [3.63, 3.8) is 0 Å². The third-order valence-corrected chi connectivity index (χ3v) is 3.18. The third-order valence-electron chi connectivity index (χ3n) is 3.18. The standard InChI is InChI=1S/C15H18N2O4/c1-4-21-15(19)11-9-12-13(16-10(11)2)5-6-17(14(12)18)7-8-20-3/h5-6,9H,4,7-8H2,1-3H3. The minimum absolute atomic E-state index is 0.192. The molecule has 0 bridgehead atoms. The predicted molar refractivity (Wildman–Crippen MR) is 78.6 cm³/mol. The molecule has 0 atom stereocenters. The van der Waals surface area contributed by atoms with E-state index in [0.29, 0.717) is 35.3 Å². The van der Waals surface area contributed by atoms with Gasteiger partial charge >= 0.3 is 5.97 Å². The number of aromatic nitrogens is 2. The van der Waals surface area contributed by atoms with Crippen LogP contribution in [0, 0.1) is 6.92 Å². The zero-order chi connectivity index (χ0) is 15.4. The van der Waals surface area contributed by atoms with Crippen molar-refractivity contribution >= 4 is 16.9 Å². The Balaban J connectivity index is 2.55. The first-order valence-electron chi connectivity index (χ1n) is 6.75. The zero-order valence-corrected chi connectivity index (χ0v) is 12.4. The van der Waals surface area contributed by atoms with E-state index in [1.807, 2.05) is 0 Å². The summed E-state index contributed by atoms with van der Waals surface area (Å²) < 4.78 is 11.5. The summed E-state index contributed by atoms with van der Waals surface area (Å²) in [5.74, 6) is -0.462. The van der Waals surface area contributed by atoms with Crippen LogP contribution in [0.1, 0.15) is 23.0 Å². The lowest BCUT2D eigenvalue weighted by Crippen LogP contribution is -2.22. The maximum atomic E-state index is 12.4. The Morgan fingerprint density at radius 1 is 1.43 bits per heavy atom. The normalized spacial score (nSPS) is 10.8.